The quantitative estimate of drug-likeness (QED) is 0.208. The Morgan fingerprint density at radius 3 is 2.55 bits per heavy atom. The highest BCUT2D eigenvalue weighted by Gasteiger charge is 2.13. The molecule has 0 aromatic heterocycles. The SMILES string of the molecule is CCOC(=S)SCC#CC(CCOC/C=C/c1ccccc1)OC(=O)c1ccccc1. The minimum atomic E-state index is -0.563. The van der Waals surface area contributed by atoms with Crippen LogP contribution >= 0.6 is 24.0 Å². The van der Waals surface area contributed by atoms with Crippen LogP contribution in [-0.4, -0.2) is 42.0 Å². The van der Waals surface area contributed by atoms with Crippen LogP contribution in [0.3, 0.4) is 0 Å². The molecule has 0 spiro atoms. The second kappa shape index (κ2) is 15.2. The van der Waals surface area contributed by atoms with Crippen LogP contribution in [-0.2, 0) is 14.2 Å². The van der Waals surface area contributed by atoms with Gasteiger partial charge in [-0.05, 0) is 36.8 Å². The lowest BCUT2D eigenvalue weighted by Crippen LogP contribution is -2.19. The standard InChI is InChI=1S/C25H26O4S2/c1-2-28-25(30)31-20-10-16-23(29-24(26)22-14-7-4-8-15-22)17-19-27-18-9-13-21-11-5-3-6-12-21/h3-9,11-15,23H,2,17-20H2,1H3/b13-9+. The predicted molar refractivity (Wildman–Crippen MR) is 131 cm³/mol. The van der Waals surface area contributed by atoms with E-state index in [4.69, 9.17) is 26.4 Å². The van der Waals surface area contributed by atoms with Crippen molar-refractivity contribution in [2.24, 2.45) is 0 Å². The van der Waals surface area contributed by atoms with Gasteiger partial charge < -0.3 is 14.2 Å². The molecule has 31 heavy (non-hydrogen) atoms. The zero-order valence-corrected chi connectivity index (χ0v) is 19.1. The van der Waals surface area contributed by atoms with E-state index >= 15 is 0 Å². The summed E-state index contributed by atoms with van der Waals surface area (Å²) in [5.74, 6) is 6.08. The molecule has 1 unspecified atom stereocenters. The monoisotopic (exact) mass is 454 g/mol. The van der Waals surface area contributed by atoms with Crippen LogP contribution in [0, 0.1) is 11.8 Å². The van der Waals surface area contributed by atoms with E-state index in [-0.39, 0.29) is 0 Å². The van der Waals surface area contributed by atoms with Gasteiger partial charge in [0.2, 0.25) is 4.38 Å². The van der Waals surface area contributed by atoms with E-state index in [0.29, 0.717) is 41.9 Å². The maximum atomic E-state index is 12.4. The molecular weight excluding hydrogens is 428 g/mol. The highest BCUT2D eigenvalue weighted by atomic mass is 32.2. The lowest BCUT2D eigenvalue weighted by atomic mass is 10.2. The van der Waals surface area contributed by atoms with Gasteiger partial charge in [0.05, 0.1) is 31.1 Å². The lowest BCUT2D eigenvalue weighted by molar-refractivity contribution is 0.0335. The minimum Gasteiger partial charge on any atom is -0.479 e. The number of carbonyl (C=O) groups is 1. The van der Waals surface area contributed by atoms with E-state index in [1.54, 1.807) is 24.3 Å². The van der Waals surface area contributed by atoms with Crippen molar-refractivity contribution in [3.05, 3.63) is 77.9 Å². The Hall–Kier alpha value is -2.59. The van der Waals surface area contributed by atoms with E-state index < -0.39 is 12.1 Å². The molecule has 0 saturated heterocycles. The fraction of sp³-hybridized carbons (Fsp3) is 0.280. The Balaban J connectivity index is 1.83. The Bertz CT molecular complexity index is 886. The van der Waals surface area contributed by atoms with Crippen molar-refractivity contribution < 1.29 is 19.0 Å². The van der Waals surface area contributed by atoms with Crippen LogP contribution in [0.4, 0.5) is 0 Å². The second-order valence-corrected chi connectivity index (χ2v) is 7.81. The predicted octanol–water partition coefficient (Wildman–Crippen LogP) is 5.39. The van der Waals surface area contributed by atoms with Gasteiger partial charge in [0.15, 0.2) is 6.10 Å². The molecule has 2 aromatic rings. The largest absolute Gasteiger partial charge is 0.479 e. The average Bonchev–Trinajstić information content (AvgIpc) is 2.80. The molecule has 0 aliphatic carbocycles. The first-order chi connectivity index (χ1) is 15.2. The van der Waals surface area contributed by atoms with Crippen LogP contribution in [0.2, 0.25) is 0 Å². The Labute approximate surface area is 194 Å². The van der Waals surface area contributed by atoms with Crippen molar-refractivity contribution in [1.29, 1.82) is 0 Å². The van der Waals surface area contributed by atoms with Gasteiger partial charge in [-0.15, -0.1) is 0 Å². The topological polar surface area (TPSA) is 44.8 Å². The number of hydrogen-bond donors (Lipinski definition) is 0. The number of benzene rings is 2. The van der Waals surface area contributed by atoms with Crippen molar-refractivity contribution in [1.82, 2.24) is 0 Å². The molecule has 0 aliphatic rings. The van der Waals surface area contributed by atoms with Gasteiger partial charge in [0.25, 0.3) is 0 Å². The van der Waals surface area contributed by atoms with Crippen molar-refractivity contribution in [2.45, 2.75) is 19.4 Å². The number of ether oxygens (including phenoxy) is 3. The summed E-state index contributed by atoms with van der Waals surface area (Å²) in [5.41, 5.74) is 1.61. The summed E-state index contributed by atoms with van der Waals surface area (Å²) in [6, 6.07) is 18.9. The van der Waals surface area contributed by atoms with E-state index in [2.05, 4.69) is 11.8 Å². The van der Waals surface area contributed by atoms with Gasteiger partial charge in [-0.25, -0.2) is 4.79 Å². The summed E-state index contributed by atoms with van der Waals surface area (Å²) >= 11 is 6.42. The number of hydrogen-bond acceptors (Lipinski definition) is 6. The summed E-state index contributed by atoms with van der Waals surface area (Å²) in [7, 11) is 0. The zero-order valence-electron chi connectivity index (χ0n) is 17.5. The molecule has 162 valence electrons. The molecule has 6 heteroatoms. The van der Waals surface area contributed by atoms with E-state index in [9.17, 15) is 4.79 Å². The van der Waals surface area contributed by atoms with Crippen molar-refractivity contribution in [3.8, 4) is 11.8 Å². The smallest absolute Gasteiger partial charge is 0.339 e. The Morgan fingerprint density at radius 2 is 1.84 bits per heavy atom. The zero-order chi connectivity index (χ0) is 22.2. The van der Waals surface area contributed by atoms with Crippen molar-refractivity contribution in [2.75, 3.05) is 25.6 Å². The highest BCUT2D eigenvalue weighted by Crippen LogP contribution is 2.08. The first-order valence-corrected chi connectivity index (χ1v) is 11.4. The highest BCUT2D eigenvalue weighted by molar-refractivity contribution is 8.22. The summed E-state index contributed by atoms with van der Waals surface area (Å²) in [6.45, 7) is 3.31. The van der Waals surface area contributed by atoms with Gasteiger partial charge in [0, 0.05) is 6.42 Å². The van der Waals surface area contributed by atoms with E-state index in [0.717, 1.165) is 5.56 Å². The summed E-state index contributed by atoms with van der Waals surface area (Å²) < 4.78 is 16.9. The number of carbonyl (C=O) groups excluding carboxylic acids is 1. The molecule has 0 heterocycles. The second-order valence-electron chi connectivity index (χ2n) is 6.23. The average molecular weight is 455 g/mol. The molecule has 0 aliphatic heterocycles. The molecule has 0 saturated carbocycles. The van der Waals surface area contributed by atoms with Crippen LogP contribution in [0.25, 0.3) is 6.08 Å². The Morgan fingerprint density at radius 1 is 1.13 bits per heavy atom. The normalized spacial score (nSPS) is 11.4. The van der Waals surface area contributed by atoms with Gasteiger partial charge in [-0.3, -0.25) is 0 Å². The first kappa shape index (κ1) is 24.7. The lowest BCUT2D eigenvalue weighted by Gasteiger charge is -2.12. The van der Waals surface area contributed by atoms with Crippen molar-refractivity contribution >= 4 is 40.4 Å². The maximum Gasteiger partial charge on any atom is 0.339 e. The summed E-state index contributed by atoms with van der Waals surface area (Å²) in [6.07, 6.45) is 3.88. The van der Waals surface area contributed by atoms with Gasteiger partial charge >= 0.3 is 5.97 Å². The number of rotatable bonds is 10. The van der Waals surface area contributed by atoms with Gasteiger partial charge in [-0.1, -0.05) is 84.3 Å². The molecule has 0 N–H and O–H groups in total. The summed E-state index contributed by atoms with van der Waals surface area (Å²) in [5, 5.41) is 0. The third-order valence-corrected chi connectivity index (χ3v) is 5.01. The van der Waals surface area contributed by atoms with Crippen LogP contribution in [0.5, 0.6) is 0 Å². The van der Waals surface area contributed by atoms with Crippen molar-refractivity contribution in [3.63, 3.8) is 0 Å². The maximum absolute atomic E-state index is 12.4. The third kappa shape index (κ3) is 10.8. The molecule has 2 aromatic carbocycles. The Kier molecular flexibility index (Phi) is 12.1. The van der Waals surface area contributed by atoms with Gasteiger partial charge in [0.1, 0.15) is 0 Å². The summed E-state index contributed by atoms with van der Waals surface area (Å²) in [4.78, 5) is 12.4. The minimum absolute atomic E-state index is 0.402. The molecule has 2 rings (SSSR count). The third-order valence-electron chi connectivity index (χ3n) is 3.89. The van der Waals surface area contributed by atoms with Crippen LogP contribution in [0.15, 0.2) is 66.7 Å². The number of thioether (sulfide) groups is 1. The van der Waals surface area contributed by atoms with E-state index in [1.165, 1.54) is 11.8 Å². The molecule has 0 radical (unpaired) electrons. The number of esters is 1. The van der Waals surface area contributed by atoms with Crippen LogP contribution < -0.4 is 0 Å². The fourth-order valence-corrected chi connectivity index (χ4v) is 3.20. The van der Waals surface area contributed by atoms with E-state index in [1.807, 2.05) is 55.5 Å². The number of thiocarbonyl (C=S) groups is 1. The molecule has 0 amide bonds. The fourth-order valence-electron chi connectivity index (χ4n) is 2.43. The molecule has 4 nitrogen and oxygen atoms in total. The molecule has 0 bridgehead atoms. The molecule has 0 fully saturated rings. The molecule has 1 atom stereocenters. The first-order valence-electron chi connectivity index (χ1n) is 10.0. The molecular formula is C25H26O4S2. The van der Waals surface area contributed by atoms with Crippen LogP contribution in [0.1, 0.15) is 29.3 Å². The van der Waals surface area contributed by atoms with Gasteiger partial charge in [-0.2, -0.15) is 0 Å².